The minimum Gasteiger partial charge on any atom is -0.466 e. The van der Waals surface area contributed by atoms with Crippen molar-refractivity contribution in [2.24, 2.45) is 28.6 Å². The number of carbonyl (C=O) groups is 2. The first kappa shape index (κ1) is 13.4. The van der Waals surface area contributed by atoms with Gasteiger partial charge in [0, 0.05) is 11.5 Å². The van der Waals surface area contributed by atoms with Gasteiger partial charge in [-0.25, -0.2) is 9.59 Å². The summed E-state index contributed by atoms with van der Waals surface area (Å²) in [5.74, 6) is 0.492. The zero-order valence-electron chi connectivity index (χ0n) is 12.1. The average Bonchev–Trinajstić information content (AvgIpc) is 2.94. The number of fused-ring (bicyclic) bond motifs is 1. The monoisotopic (exact) mass is 276 g/mol. The van der Waals surface area contributed by atoms with Crippen molar-refractivity contribution in [3.05, 3.63) is 24.3 Å². The van der Waals surface area contributed by atoms with E-state index >= 15 is 0 Å². The lowest BCUT2D eigenvalue weighted by atomic mass is 9.50. The summed E-state index contributed by atoms with van der Waals surface area (Å²) in [6, 6.07) is 0. The Balaban J connectivity index is 1.98. The Labute approximate surface area is 118 Å². The highest BCUT2D eigenvalue weighted by molar-refractivity contribution is 5.98. The topological polar surface area (TPSA) is 52.6 Å². The second kappa shape index (κ2) is 3.96. The van der Waals surface area contributed by atoms with Gasteiger partial charge in [-0.3, -0.25) is 0 Å². The van der Waals surface area contributed by atoms with Crippen molar-refractivity contribution in [2.75, 3.05) is 14.2 Å². The minimum absolute atomic E-state index is 0.206. The first-order valence-electron chi connectivity index (χ1n) is 7.00. The van der Waals surface area contributed by atoms with Gasteiger partial charge >= 0.3 is 11.9 Å². The molecule has 0 spiro atoms. The van der Waals surface area contributed by atoms with Crippen molar-refractivity contribution < 1.29 is 19.1 Å². The summed E-state index contributed by atoms with van der Waals surface area (Å²) in [5, 5.41) is 0. The van der Waals surface area contributed by atoms with Crippen LogP contribution in [0.3, 0.4) is 0 Å². The molecule has 3 aliphatic rings. The van der Waals surface area contributed by atoms with Crippen LogP contribution in [0.2, 0.25) is 0 Å². The van der Waals surface area contributed by atoms with E-state index in [0.29, 0.717) is 23.3 Å². The molecule has 0 saturated heterocycles. The predicted molar refractivity (Wildman–Crippen MR) is 72.6 cm³/mol. The molecule has 0 unspecified atom stereocenters. The molecule has 3 saturated carbocycles. The molecule has 5 atom stereocenters. The van der Waals surface area contributed by atoms with Crippen molar-refractivity contribution in [3.63, 3.8) is 0 Å². The number of rotatable bonds is 4. The normalized spacial score (nSPS) is 44.1. The SMILES string of the molecule is C=C[C@]12[C@@H]3CC[C@H]1[C@@](C)(/C(=C/C(=O)OC)C(=O)OC)[C@@H]32. The average molecular weight is 276 g/mol. The summed E-state index contributed by atoms with van der Waals surface area (Å²) in [5.41, 5.74) is 0.387. The molecule has 0 aliphatic heterocycles. The number of methoxy groups -OCH3 is 2. The van der Waals surface area contributed by atoms with Gasteiger partial charge in [-0.1, -0.05) is 13.0 Å². The molecule has 0 heterocycles. The number of carbonyl (C=O) groups excluding carboxylic acids is 2. The molecule has 4 heteroatoms. The second-order valence-corrected chi connectivity index (χ2v) is 6.27. The molecule has 0 bridgehead atoms. The van der Waals surface area contributed by atoms with Crippen LogP contribution in [-0.2, 0) is 19.1 Å². The van der Waals surface area contributed by atoms with Gasteiger partial charge in [0.15, 0.2) is 0 Å². The van der Waals surface area contributed by atoms with Gasteiger partial charge in [0.2, 0.25) is 0 Å². The standard InChI is InChI=1S/C16H20O4/c1-5-16-9-6-7-11(16)15(2,13(9)16)10(14(18)20-4)8-12(17)19-3/h5,8-9,11,13H,1,6-7H2,2-4H3/b10-8+/t9-,11+,13-,15-,16+/m1/s1. The zero-order chi connectivity index (χ0) is 14.7. The number of ether oxygens (including phenoxy) is 2. The van der Waals surface area contributed by atoms with Crippen LogP contribution in [0.4, 0.5) is 0 Å². The zero-order valence-corrected chi connectivity index (χ0v) is 12.1. The molecule has 3 rings (SSSR count). The van der Waals surface area contributed by atoms with Gasteiger partial charge in [-0.05, 0) is 36.0 Å². The predicted octanol–water partition coefficient (Wildman–Crippen LogP) is 2.11. The molecule has 0 aromatic heterocycles. The molecule has 4 nitrogen and oxygen atoms in total. The third-order valence-corrected chi connectivity index (χ3v) is 6.02. The highest BCUT2D eigenvalue weighted by Crippen LogP contribution is 2.90. The van der Waals surface area contributed by atoms with Crippen LogP contribution >= 0.6 is 0 Å². The second-order valence-electron chi connectivity index (χ2n) is 6.27. The van der Waals surface area contributed by atoms with Crippen molar-refractivity contribution >= 4 is 11.9 Å². The van der Waals surface area contributed by atoms with Crippen LogP contribution in [0.25, 0.3) is 0 Å². The van der Waals surface area contributed by atoms with E-state index in [-0.39, 0.29) is 10.8 Å². The lowest BCUT2D eigenvalue weighted by Crippen LogP contribution is -2.50. The molecule has 108 valence electrons. The van der Waals surface area contributed by atoms with Gasteiger partial charge in [0.1, 0.15) is 0 Å². The Morgan fingerprint density at radius 3 is 2.40 bits per heavy atom. The van der Waals surface area contributed by atoms with E-state index in [1.807, 2.05) is 0 Å². The van der Waals surface area contributed by atoms with E-state index in [2.05, 4.69) is 24.3 Å². The highest BCUT2D eigenvalue weighted by Gasteiger charge is 2.87. The maximum atomic E-state index is 12.1. The number of esters is 2. The first-order chi connectivity index (χ1) is 9.48. The summed E-state index contributed by atoms with van der Waals surface area (Å²) in [4.78, 5) is 23.7. The number of allylic oxidation sites excluding steroid dienone is 1. The minimum atomic E-state index is -0.501. The van der Waals surface area contributed by atoms with Crippen LogP contribution in [-0.4, -0.2) is 26.2 Å². The Morgan fingerprint density at radius 2 is 1.95 bits per heavy atom. The highest BCUT2D eigenvalue weighted by atomic mass is 16.5. The number of hydrogen-bond donors (Lipinski definition) is 0. The fourth-order valence-electron chi connectivity index (χ4n) is 5.37. The summed E-state index contributed by atoms with van der Waals surface area (Å²) in [6.07, 6.45) is 5.66. The largest absolute Gasteiger partial charge is 0.466 e. The van der Waals surface area contributed by atoms with E-state index in [1.165, 1.54) is 26.7 Å². The maximum absolute atomic E-state index is 12.1. The Kier molecular flexibility index (Phi) is 2.66. The van der Waals surface area contributed by atoms with Crippen LogP contribution in [0, 0.1) is 28.6 Å². The third-order valence-electron chi connectivity index (χ3n) is 6.02. The molecule has 0 aromatic rings. The van der Waals surface area contributed by atoms with Crippen LogP contribution < -0.4 is 0 Å². The lowest BCUT2D eigenvalue weighted by molar-refractivity contribution is -0.142. The molecule has 3 fully saturated rings. The number of hydrogen-bond acceptors (Lipinski definition) is 4. The van der Waals surface area contributed by atoms with Crippen LogP contribution in [0.1, 0.15) is 19.8 Å². The molecule has 0 amide bonds. The quantitative estimate of drug-likeness (QED) is 0.448. The fourth-order valence-corrected chi connectivity index (χ4v) is 5.37. The van der Waals surface area contributed by atoms with Crippen molar-refractivity contribution in [3.8, 4) is 0 Å². The summed E-state index contributed by atoms with van der Waals surface area (Å²) < 4.78 is 9.56. The van der Waals surface area contributed by atoms with Crippen molar-refractivity contribution in [1.82, 2.24) is 0 Å². The first-order valence-corrected chi connectivity index (χ1v) is 7.00. The van der Waals surface area contributed by atoms with Crippen LogP contribution in [0.15, 0.2) is 24.3 Å². The van der Waals surface area contributed by atoms with E-state index in [4.69, 9.17) is 4.74 Å². The van der Waals surface area contributed by atoms with Crippen LogP contribution in [0.5, 0.6) is 0 Å². The van der Waals surface area contributed by atoms with Gasteiger partial charge in [-0.2, -0.15) is 0 Å². The molecule has 3 aliphatic carbocycles. The lowest BCUT2D eigenvalue weighted by Gasteiger charge is -2.52. The van der Waals surface area contributed by atoms with E-state index in [1.54, 1.807) is 0 Å². The smallest absolute Gasteiger partial charge is 0.334 e. The third kappa shape index (κ3) is 1.23. The van der Waals surface area contributed by atoms with Gasteiger partial charge < -0.3 is 9.47 Å². The maximum Gasteiger partial charge on any atom is 0.334 e. The van der Waals surface area contributed by atoms with Gasteiger partial charge in [0.05, 0.1) is 19.8 Å². The Morgan fingerprint density at radius 1 is 1.25 bits per heavy atom. The molecule has 0 aromatic carbocycles. The summed E-state index contributed by atoms with van der Waals surface area (Å²) in [6.45, 7) is 6.05. The Bertz CT molecular complexity index is 535. The molecule has 0 N–H and O–H groups in total. The molecule has 20 heavy (non-hydrogen) atoms. The summed E-state index contributed by atoms with van der Waals surface area (Å²) in [7, 11) is 2.66. The van der Waals surface area contributed by atoms with Crippen molar-refractivity contribution in [2.45, 2.75) is 19.8 Å². The van der Waals surface area contributed by atoms with Crippen molar-refractivity contribution in [1.29, 1.82) is 0 Å². The molecular formula is C16H20O4. The van der Waals surface area contributed by atoms with Gasteiger partial charge in [-0.15, -0.1) is 6.58 Å². The summed E-state index contributed by atoms with van der Waals surface area (Å²) >= 11 is 0. The van der Waals surface area contributed by atoms with Gasteiger partial charge in [0.25, 0.3) is 0 Å². The molecule has 0 radical (unpaired) electrons. The van der Waals surface area contributed by atoms with E-state index in [9.17, 15) is 9.59 Å². The fraction of sp³-hybridized carbons (Fsp3) is 0.625. The van der Waals surface area contributed by atoms with E-state index < -0.39 is 11.9 Å². The molecular weight excluding hydrogens is 256 g/mol. The van der Waals surface area contributed by atoms with E-state index in [0.717, 1.165) is 6.42 Å². The Hall–Kier alpha value is -1.58.